The van der Waals surface area contributed by atoms with Crippen LogP contribution in [0.1, 0.15) is 31.4 Å². The Kier molecular flexibility index (Phi) is 6.68. The number of anilines is 1. The van der Waals surface area contributed by atoms with Gasteiger partial charge in [-0.2, -0.15) is 12.7 Å². The molecule has 0 spiro atoms. The van der Waals surface area contributed by atoms with E-state index in [-0.39, 0.29) is 29.8 Å². The van der Waals surface area contributed by atoms with Crippen molar-refractivity contribution < 1.29 is 21.2 Å². The minimum absolute atomic E-state index is 0.105. The van der Waals surface area contributed by atoms with Crippen LogP contribution in [-0.2, 0) is 26.6 Å². The Bertz CT molecular complexity index is 1600. The van der Waals surface area contributed by atoms with Crippen LogP contribution in [-0.4, -0.2) is 69.5 Å². The number of fused-ring (bicyclic) bond motifs is 2. The molecule has 0 saturated carbocycles. The molecule has 2 aromatic carbocycles. The average Bonchev–Trinajstić information content (AvgIpc) is 3.25. The number of hydrogen-bond donors (Lipinski definition) is 1. The maximum absolute atomic E-state index is 13.6. The SMILES string of the molecule is CC(C)N1Cc2ccc(S(C)(=O)=O)cc2N(CCN2CC=C(c3c[nH]c4cc(F)ccc34)CC2)S1(=O)=O. The summed E-state index contributed by atoms with van der Waals surface area (Å²) in [6, 6.07) is 9.23. The predicted octanol–water partition coefficient (Wildman–Crippen LogP) is 3.78. The van der Waals surface area contributed by atoms with Crippen LogP contribution in [0.15, 0.2) is 53.6 Å². The molecule has 1 aromatic heterocycles. The van der Waals surface area contributed by atoms with Gasteiger partial charge in [0.2, 0.25) is 0 Å². The maximum atomic E-state index is 13.6. The molecule has 0 aliphatic carbocycles. The summed E-state index contributed by atoms with van der Waals surface area (Å²) in [5, 5.41) is 0.979. The molecule has 3 heterocycles. The van der Waals surface area contributed by atoms with E-state index in [1.54, 1.807) is 18.2 Å². The third-order valence-electron chi connectivity index (χ3n) is 7.13. The number of aromatic nitrogens is 1. The molecule has 198 valence electrons. The van der Waals surface area contributed by atoms with E-state index in [1.165, 1.54) is 32.4 Å². The molecule has 3 aromatic rings. The topological polar surface area (TPSA) is 93.8 Å². The molecule has 0 amide bonds. The first-order valence-electron chi connectivity index (χ1n) is 12.3. The van der Waals surface area contributed by atoms with Crippen LogP contribution in [0.2, 0.25) is 0 Å². The quantitative estimate of drug-likeness (QED) is 0.508. The van der Waals surface area contributed by atoms with Crippen molar-refractivity contribution in [1.82, 2.24) is 14.2 Å². The molecule has 0 atom stereocenters. The summed E-state index contributed by atoms with van der Waals surface area (Å²) in [5.74, 6) is -0.279. The monoisotopic (exact) mass is 546 g/mol. The molecule has 37 heavy (non-hydrogen) atoms. The van der Waals surface area contributed by atoms with Crippen LogP contribution in [0.25, 0.3) is 16.5 Å². The summed E-state index contributed by atoms with van der Waals surface area (Å²) >= 11 is 0. The van der Waals surface area contributed by atoms with Gasteiger partial charge >= 0.3 is 10.2 Å². The van der Waals surface area contributed by atoms with Gasteiger partial charge in [0.1, 0.15) is 5.82 Å². The Balaban J connectivity index is 1.37. The highest BCUT2D eigenvalue weighted by Crippen LogP contribution is 2.35. The zero-order valence-corrected chi connectivity index (χ0v) is 22.7. The van der Waals surface area contributed by atoms with Crippen molar-refractivity contribution >= 4 is 42.2 Å². The minimum Gasteiger partial charge on any atom is -0.360 e. The zero-order valence-electron chi connectivity index (χ0n) is 21.1. The lowest BCUT2D eigenvalue weighted by molar-refractivity contribution is 0.305. The van der Waals surface area contributed by atoms with E-state index in [1.807, 2.05) is 20.0 Å². The van der Waals surface area contributed by atoms with Crippen LogP contribution in [0.4, 0.5) is 10.1 Å². The molecular weight excluding hydrogens is 515 g/mol. The van der Waals surface area contributed by atoms with Crippen molar-refractivity contribution in [3.05, 3.63) is 65.6 Å². The molecule has 5 rings (SSSR count). The van der Waals surface area contributed by atoms with Gasteiger partial charge < -0.3 is 4.98 Å². The van der Waals surface area contributed by atoms with Gasteiger partial charge in [0.15, 0.2) is 9.84 Å². The second-order valence-corrected chi connectivity index (χ2v) is 13.8. The first-order valence-corrected chi connectivity index (χ1v) is 15.5. The molecule has 8 nitrogen and oxygen atoms in total. The number of rotatable bonds is 6. The second-order valence-electron chi connectivity index (χ2n) is 9.95. The summed E-state index contributed by atoms with van der Waals surface area (Å²) in [4.78, 5) is 5.42. The van der Waals surface area contributed by atoms with Crippen molar-refractivity contribution in [3.63, 3.8) is 0 Å². The number of H-pyrrole nitrogens is 1. The molecular formula is C26H31FN4O4S2. The number of nitrogens with one attached hydrogen (secondary N) is 1. The molecule has 0 fully saturated rings. The summed E-state index contributed by atoms with van der Waals surface area (Å²) in [5.41, 5.74) is 4.21. The van der Waals surface area contributed by atoms with Crippen LogP contribution < -0.4 is 4.31 Å². The third-order valence-corrected chi connectivity index (χ3v) is 10.3. The van der Waals surface area contributed by atoms with Gasteiger partial charge in [0, 0.05) is 67.7 Å². The summed E-state index contributed by atoms with van der Waals surface area (Å²) < 4.78 is 67.8. The van der Waals surface area contributed by atoms with Crippen molar-refractivity contribution in [1.29, 1.82) is 0 Å². The molecule has 11 heteroatoms. The van der Waals surface area contributed by atoms with E-state index >= 15 is 0 Å². The van der Waals surface area contributed by atoms with Gasteiger partial charge in [-0.3, -0.25) is 9.21 Å². The third kappa shape index (κ3) is 4.93. The van der Waals surface area contributed by atoms with Crippen molar-refractivity contribution in [3.8, 4) is 0 Å². The van der Waals surface area contributed by atoms with Gasteiger partial charge in [-0.05, 0) is 61.7 Å². The van der Waals surface area contributed by atoms with Crippen LogP contribution in [0.5, 0.6) is 0 Å². The van der Waals surface area contributed by atoms with Gasteiger partial charge in [-0.1, -0.05) is 12.1 Å². The maximum Gasteiger partial charge on any atom is 0.304 e. The highest BCUT2D eigenvalue weighted by atomic mass is 32.2. The standard InChI is InChI=1S/C26H31FN4O4S2/c1-18(2)31-17-20-4-6-22(36(3,32)33)15-26(20)30(37(31,34)35)13-12-29-10-8-19(9-11-29)24-16-28-25-14-21(27)5-7-23(24)25/h4-8,14-16,18,28H,9-13,17H2,1-3H3. The van der Waals surface area contributed by atoms with Crippen LogP contribution in [0.3, 0.4) is 0 Å². The lowest BCUT2D eigenvalue weighted by Crippen LogP contribution is -2.52. The fraction of sp³-hybridized carbons (Fsp3) is 0.385. The second kappa shape index (κ2) is 9.54. The Hall–Kier alpha value is -2.73. The van der Waals surface area contributed by atoms with Crippen LogP contribution in [0, 0.1) is 5.82 Å². The highest BCUT2D eigenvalue weighted by Gasteiger charge is 2.38. The van der Waals surface area contributed by atoms with Gasteiger partial charge in [0.05, 0.1) is 10.6 Å². The Morgan fingerprint density at radius 1 is 1.11 bits per heavy atom. The molecule has 2 aliphatic heterocycles. The molecule has 0 unspecified atom stereocenters. The van der Waals surface area contributed by atoms with Crippen molar-refractivity contribution in [2.45, 2.75) is 37.8 Å². The molecule has 0 bridgehead atoms. The zero-order chi connectivity index (χ0) is 26.5. The van der Waals surface area contributed by atoms with Crippen molar-refractivity contribution in [2.75, 3.05) is 36.7 Å². The largest absolute Gasteiger partial charge is 0.360 e. The summed E-state index contributed by atoms with van der Waals surface area (Å²) in [7, 11) is -7.30. The Morgan fingerprint density at radius 2 is 1.89 bits per heavy atom. The van der Waals surface area contributed by atoms with E-state index in [9.17, 15) is 21.2 Å². The number of hydrogen-bond acceptors (Lipinski definition) is 5. The first kappa shape index (κ1) is 25.9. The first-order chi connectivity index (χ1) is 17.4. The number of halogens is 1. The Labute approximate surface area is 217 Å². The molecule has 1 N–H and O–H groups in total. The average molecular weight is 547 g/mol. The lowest BCUT2D eigenvalue weighted by atomic mass is 9.99. The van der Waals surface area contributed by atoms with E-state index in [0.717, 1.165) is 41.3 Å². The van der Waals surface area contributed by atoms with E-state index < -0.39 is 20.0 Å². The fourth-order valence-electron chi connectivity index (χ4n) is 5.08. The highest BCUT2D eigenvalue weighted by molar-refractivity contribution is 7.91. The van der Waals surface area contributed by atoms with E-state index in [2.05, 4.69) is 16.0 Å². The van der Waals surface area contributed by atoms with Crippen LogP contribution >= 0.6 is 0 Å². The fourth-order valence-corrected chi connectivity index (χ4v) is 7.54. The Morgan fingerprint density at radius 3 is 2.57 bits per heavy atom. The number of sulfone groups is 1. The number of aromatic amines is 1. The summed E-state index contributed by atoms with van der Waals surface area (Å²) in [6.07, 6.45) is 5.95. The van der Waals surface area contributed by atoms with E-state index in [0.29, 0.717) is 18.8 Å². The lowest BCUT2D eigenvalue weighted by Gasteiger charge is -2.40. The predicted molar refractivity (Wildman–Crippen MR) is 144 cm³/mol. The number of nitrogens with zero attached hydrogens (tertiary/aromatic N) is 3. The number of benzene rings is 2. The van der Waals surface area contributed by atoms with Gasteiger partial charge in [-0.25, -0.2) is 12.8 Å². The van der Waals surface area contributed by atoms with E-state index in [4.69, 9.17) is 0 Å². The summed E-state index contributed by atoms with van der Waals surface area (Å²) in [6.45, 7) is 5.99. The molecule has 0 radical (unpaired) electrons. The minimum atomic E-state index is -3.82. The normalized spacial score (nSPS) is 18.8. The van der Waals surface area contributed by atoms with Gasteiger partial charge in [-0.15, -0.1) is 0 Å². The smallest absolute Gasteiger partial charge is 0.304 e. The molecule has 0 saturated heterocycles. The van der Waals surface area contributed by atoms with Gasteiger partial charge in [0.25, 0.3) is 0 Å². The van der Waals surface area contributed by atoms with Crippen molar-refractivity contribution in [2.24, 2.45) is 0 Å². The molecule has 2 aliphatic rings.